The number of benzene rings is 2. The Labute approximate surface area is 577 Å². The van der Waals surface area contributed by atoms with Gasteiger partial charge in [-0.05, 0) is 92.9 Å². The Morgan fingerprint density at radius 1 is 0.450 bits per heavy atom. The maximum absolute atomic E-state index is 14.9. The molecule has 0 unspecified atom stereocenters. The van der Waals surface area contributed by atoms with E-state index in [2.05, 4.69) is 42.5 Å². The first-order valence-corrected chi connectivity index (χ1v) is 33.7. The molecule has 1 saturated carbocycles. The minimum atomic E-state index is -1.80. The average Bonchev–Trinajstić information content (AvgIpc) is 1.60. The highest BCUT2D eigenvalue weighted by Gasteiger charge is 2.44. The number of carbonyl (C=O) groups is 16. The van der Waals surface area contributed by atoms with Crippen molar-refractivity contribution in [2.45, 2.75) is 222 Å². The Hall–Kier alpha value is -10.2. The Kier molecular flexibility index (Phi) is 32.2. The lowest BCUT2D eigenvalue weighted by Gasteiger charge is -2.34. The summed E-state index contributed by atoms with van der Waals surface area (Å²) in [5.41, 5.74) is 11.7. The average molecular weight is 1400 g/mol. The van der Waals surface area contributed by atoms with E-state index < -0.39 is 219 Å². The van der Waals surface area contributed by atoms with Gasteiger partial charge in [0.15, 0.2) is 0 Å². The van der Waals surface area contributed by atoms with Gasteiger partial charge in [0, 0.05) is 58.0 Å². The highest BCUT2D eigenvalue weighted by molar-refractivity contribution is 6.00. The molecule has 2 saturated heterocycles. The van der Waals surface area contributed by atoms with Crippen LogP contribution in [0.15, 0.2) is 54.6 Å². The molecule has 17 N–H and O–H groups in total. The number of nitrogens with two attached hydrogens (primary N) is 2. The van der Waals surface area contributed by atoms with Crippen molar-refractivity contribution >= 4 is 94.8 Å². The molecular formula is C67H94N12O21. The third-order valence-electron chi connectivity index (χ3n) is 18.0. The number of carboxylic acid groups (broad SMARTS) is 4. The van der Waals surface area contributed by atoms with Gasteiger partial charge in [-0.1, -0.05) is 94.8 Å². The molecule has 548 valence electrons. The summed E-state index contributed by atoms with van der Waals surface area (Å²) in [7, 11) is 0. The number of hydrogen-bond acceptors (Lipinski definition) is 17. The molecule has 2 heterocycles. The summed E-state index contributed by atoms with van der Waals surface area (Å²) in [6.45, 7) is 3.31. The normalized spacial score (nSPS) is 17.9. The fraction of sp³-hybridized carbons (Fsp3) is 0.582. The van der Waals surface area contributed by atoms with Crippen molar-refractivity contribution in [3.63, 3.8) is 0 Å². The second-order valence-corrected chi connectivity index (χ2v) is 25.6. The van der Waals surface area contributed by atoms with Gasteiger partial charge < -0.3 is 89.3 Å². The van der Waals surface area contributed by atoms with Gasteiger partial charge in [0.25, 0.3) is 0 Å². The number of phenols is 1. The highest BCUT2D eigenvalue weighted by atomic mass is 16.4. The SMILES string of the molecule is CC[C@H](C)[C@H](NC(=O)[C@@H]1CCCN1C(=O)[C@H](CCC(=O)O)NC(=O)[C@H](Cc1ccccc1)NC(=O)CCC(=O)O)C(=O)N1CCC[C@H]1C(=O)N[C@@H](CCC(N)=O)C(=O)N[C@@H](CCC(=O)O)C(=O)N[C@@H](Cc1ccc(O)cc1)C(=O)N[C@@H](CC1CCCCC1)C(=O)N[C@@H](CCC(N)=O)C(=O)O. The Bertz CT molecular complexity index is 3260. The molecule has 33 nitrogen and oxygen atoms in total. The maximum Gasteiger partial charge on any atom is 0.326 e. The summed E-state index contributed by atoms with van der Waals surface area (Å²) >= 11 is 0. The topological polar surface area (TPSA) is 529 Å². The van der Waals surface area contributed by atoms with Crippen molar-refractivity contribution < 1.29 is 102 Å². The summed E-state index contributed by atoms with van der Waals surface area (Å²) in [6.07, 6.45) is -0.897. The van der Waals surface area contributed by atoms with Crippen LogP contribution in [0.5, 0.6) is 5.75 Å². The molecule has 0 spiro atoms. The van der Waals surface area contributed by atoms with Crippen LogP contribution in [0.25, 0.3) is 0 Å². The number of phenolic OH excluding ortho intramolecular Hbond substituents is 1. The lowest BCUT2D eigenvalue weighted by atomic mass is 9.84. The lowest BCUT2D eigenvalue weighted by Crippen LogP contribution is -2.61. The monoisotopic (exact) mass is 1400 g/mol. The fourth-order valence-electron chi connectivity index (χ4n) is 12.3. The Balaban J connectivity index is 1.36. The highest BCUT2D eigenvalue weighted by Crippen LogP contribution is 2.29. The van der Waals surface area contributed by atoms with Crippen LogP contribution in [-0.4, -0.2) is 204 Å². The molecule has 12 amide bonds. The second kappa shape index (κ2) is 40.0. The fourth-order valence-corrected chi connectivity index (χ4v) is 12.3. The molecule has 2 aromatic rings. The Morgan fingerprint density at radius 2 is 0.880 bits per heavy atom. The maximum atomic E-state index is 14.9. The van der Waals surface area contributed by atoms with Gasteiger partial charge >= 0.3 is 23.9 Å². The number of carboxylic acids is 4. The van der Waals surface area contributed by atoms with E-state index in [1.165, 1.54) is 29.2 Å². The van der Waals surface area contributed by atoms with E-state index in [1.807, 2.05) is 0 Å². The quantitative estimate of drug-likeness (QED) is 0.0390. The summed E-state index contributed by atoms with van der Waals surface area (Å²) in [4.78, 5) is 216. The van der Waals surface area contributed by atoms with Crippen LogP contribution in [0, 0.1) is 11.8 Å². The van der Waals surface area contributed by atoms with Gasteiger partial charge in [0.2, 0.25) is 70.9 Å². The van der Waals surface area contributed by atoms with E-state index >= 15 is 0 Å². The number of primary amides is 2. The van der Waals surface area contributed by atoms with Crippen LogP contribution in [0.4, 0.5) is 0 Å². The van der Waals surface area contributed by atoms with E-state index in [0.29, 0.717) is 24.0 Å². The first kappa shape index (κ1) is 80.4. The second-order valence-electron chi connectivity index (χ2n) is 25.6. The zero-order valence-electron chi connectivity index (χ0n) is 56.1. The number of nitrogens with one attached hydrogen (secondary N) is 8. The number of nitrogens with zero attached hydrogens (tertiary/aromatic N) is 2. The predicted octanol–water partition coefficient (Wildman–Crippen LogP) is -0.736. The number of likely N-dealkylation sites (tertiary alicyclic amines) is 2. The minimum absolute atomic E-state index is 0.0161. The number of hydrogen-bond donors (Lipinski definition) is 15. The molecule has 1 aliphatic carbocycles. The number of aromatic hydroxyl groups is 1. The van der Waals surface area contributed by atoms with Gasteiger partial charge in [-0.2, -0.15) is 0 Å². The van der Waals surface area contributed by atoms with Crippen molar-refractivity contribution in [1.29, 1.82) is 0 Å². The van der Waals surface area contributed by atoms with Crippen LogP contribution in [0.2, 0.25) is 0 Å². The first-order chi connectivity index (χ1) is 47.4. The molecule has 100 heavy (non-hydrogen) atoms. The molecule has 0 bridgehead atoms. The standard InChI is InChI=1S/C67H94N12O21/c1-3-37(2)57(77-64(96)50-17-10-32-78(50)65(97)44(25-30-55(86)87)73-60(92)46(34-38-12-6-4-7-13-38)70-53(83)28-31-56(88)89)66(98)79-33-11-16-49(79)63(95)72-42(22-26-51(68)81)58(90)71-43(24-29-54(84)85)59(91)75-48(36-40-18-20-41(80)21-19-40)62(94)76-47(35-39-14-8-5-9-15-39)61(93)74-45(67(99)100)23-27-52(69)82/h4,6-7,12-13,18-21,37,39,42-50,57,80H,3,5,8-11,14-17,22-36H2,1-2H3,(H2,68,81)(H2,69,82)(H,70,83)(H,71,90)(H,72,95)(H,73,92)(H,74,93)(H,75,91)(H,76,94)(H,77,96)(H,84,85)(H,86,87)(H,88,89)(H,99,100)/t37-,42-,43-,44-,45-,46-,47-,48-,49-,50-,57-/m0/s1. The molecular weight excluding hydrogens is 1310 g/mol. The molecule has 3 fully saturated rings. The molecule has 2 aromatic carbocycles. The molecule has 0 aromatic heterocycles. The van der Waals surface area contributed by atoms with Crippen molar-refractivity contribution in [1.82, 2.24) is 52.3 Å². The molecule has 3 aliphatic rings. The smallest absolute Gasteiger partial charge is 0.326 e. The first-order valence-electron chi connectivity index (χ1n) is 33.7. The van der Waals surface area contributed by atoms with Gasteiger partial charge in [0.1, 0.15) is 66.2 Å². The van der Waals surface area contributed by atoms with Crippen molar-refractivity contribution in [3.8, 4) is 5.75 Å². The molecule has 0 radical (unpaired) electrons. The van der Waals surface area contributed by atoms with Gasteiger partial charge in [-0.25, -0.2) is 4.79 Å². The van der Waals surface area contributed by atoms with Crippen LogP contribution in [0.3, 0.4) is 0 Å². The molecule has 5 rings (SSSR count). The van der Waals surface area contributed by atoms with E-state index in [-0.39, 0.29) is 82.5 Å². The van der Waals surface area contributed by atoms with E-state index in [1.54, 1.807) is 44.2 Å². The lowest BCUT2D eigenvalue weighted by molar-refractivity contribution is -0.146. The van der Waals surface area contributed by atoms with Crippen molar-refractivity contribution in [3.05, 3.63) is 65.7 Å². The summed E-state index contributed by atoms with van der Waals surface area (Å²) in [5.74, 6) is -17.3. The number of amides is 12. The zero-order chi connectivity index (χ0) is 73.8. The molecule has 33 heteroatoms. The number of aliphatic carboxylic acids is 4. The molecule has 2 aliphatic heterocycles. The van der Waals surface area contributed by atoms with Crippen molar-refractivity contribution in [2.24, 2.45) is 23.3 Å². The summed E-state index contributed by atoms with van der Waals surface area (Å²) in [6, 6.07) is -1.10. The van der Waals surface area contributed by atoms with E-state index in [0.717, 1.165) is 24.2 Å². The summed E-state index contributed by atoms with van der Waals surface area (Å²) in [5, 5.41) is 69.0. The van der Waals surface area contributed by atoms with Crippen LogP contribution >= 0.6 is 0 Å². The Morgan fingerprint density at radius 3 is 1.41 bits per heavy atom. The van der Waals surface area contributed by atoms with Crippen LogP contribution in [0.1, 0.15) is 160 Å². The van der Waals surface area contributed by atoms with Crippen molar-refractivity contribution in [2.75, 3.05) is 13.1 Å². The van der Waals surface area contributed by atoms with Gasteiger partial charge in [-0.15, -0.1) is 0 Å². The van der Waals surface area contributed by atoms with Crippen LogP contribution in [-0.2, 0) is 89.6 Å². The molecule has 11 atom stereocenters. The summed E-state index contributed by atoms with van der Waals surface area (Å²) < 4.78 is 0. The zero-order valence-corrected chi connectivity index (χ0v) is 56.1. The van der Waals surface area contributed by atoms with E-state index in [9.17, 15) is 97.1 Å². The van der Waals surface area contributed by atoms with Gasteiger partial charge in [0.05, 0.1) is 6.42 Å². The largest absolute Gasteiger partial charge is 0.508 e. The third-order valence-corrected chi connectivity index (χ3v) is 18.0. The van der Waals surface area contributed by atoms with E-state index in [4.69, 9.17) is 16.6 Å². The third kappa shape index (κ3) is 26.2. The number of carbonyl (C=O) groups excluding carboxylic acids is 12. The number of rotatable bonds is 41. The predicted molar refractivity (Wildman–Crippen MR) is 353 cm³/mol. The van der Waals surface area contributed by atoms with Crippen LogP contribution < -0.4 is 54.0 Å². The van der Waals surface area contributed by atoms with Gasteiger partial charge in [-0.3, -0.25) is 71.9 Å². The minimum Gasteiger partial charge on any atom is -0.508 e.